The van der Waals surface area contributed by atoms with Crippen molar-refractivity contribution in [2.24, 2.45) is 5.11 Å². The highest BCUT2D eigenvalue weighted by atomic mass is 16.6. The molecule has 14 nitrogen and oxygen atoms in total. The Balaban J connectivity index is 1.75. The standard InChI is InChI=1S/C31H41N7O7/c1-18(33-26(39)19(2)37(6)30(43)45-31(3,4)5)28(41)38-15-14-23(35-36-32)25(38)27(40)34-24(29(42)44-7)17-20-12-13-21-10-8-9-11-22(21)16-20/h8-13,16,18-19,23-25,32H,14-15,17H2,1-7H3,(H-,33,34,39,40)/p+1/t18-,19+,23-,24+,25+/m1/s1. The van der Waals surface area contributed by atoms with E-state index >= 15 is 0 Å². The number of likely N-dealkylation sites (tertiary alicyclic amines) is 1. The summed E-state index contributed by atoms with van der Waals surface area (Å²) < 4.78 is 10.3. The smallest absolute Gasteiger partial charge is 0.410 e. The normalized spacial score (nSPS) is 18.2. The summed E-state index contributed by atoms with van der Waals surface area (Å²) in [5.41, 5.74) is 7.26. The predicted molar refractivity (Wildman–Crippen MR) is 164 cm³/mol. The number of rotatable bonds is 10. The summed E-state index contributed by atoms with van der Waals surface area (Å²) in [6.07, 6.45) is -0.338. The molecule has 1 heterocycles. The van der Waals surface area contributed by atoms with E-state index in [2.05, 4.69) is 20.7 Å². The van der Waals surface area contributed by atoms with Gasteiger partial charge in [-0.2, -0.15) is 0 Å². The Morgan fingerprint density at radius 1 is 1.09 bits per heavy atom. The van der Waals surface area contributed by atoms with E-state index in [1.807, 2.05) is 42.5 Å². The quantitative estimate of drug-likeness (QED) is 0.206. The number of hydrogen-bond donors (Lipinski definition) is 3. The molecule has 0 aromatic heterocycles. The van der Waals surface area contributed by atoms with Crippen LogP contribution in [-0.4, -0.2) is 96.1 Å². The lowest BCUT2D eigenvalue weighted by molar-refractivity contribution is -0.147. The molecule has 0 spiro atoms. The molecule has 0 bridgehead atoms. The molecule has 5 atom stereocenters. The van der Waals surface area contributed by atoms with Gasteiger partial charge in [0.2, 0.25) is 22.6 Å². The van der Waals surface area contributed by atoms with Crippen molar-refractivity contribution in [1.29, 1.82) is 5.53 Å². The summed E-state index contributed by atoms with van der Waals surface area (Å²) >= 11 is 0. The molecule has 1 saturated heterocycles. The van der Waals surface area contributed by atoms with Crippen molar-refractivity contribution in [1.82, 2.24) is 25.3 Å². The second-order valence-corrected chi connectivity index (χ2v) is 12.0. The Bertz CT molecular complexity index is 1480. The molecule has 0 saturated carbocycles. The van der Waals surface area contributed by atoms with Gasteiger partial charge >= 0.3 is 12.1 Å². The Morgan fingerprint density at radius 3 is 2.38 bits per heavy atom. The molecule has 2 aromatic carbocycles. The van der Waals surface area contributed by atoms with Gasteiger partial charge in [-0.05, 0) is 57.4 Å². The zero-order chi connectivity index (χ0) is 33.5. The number of nitrogens with one attached hydrogen (secondary N) is 3. The molecule has 14 heteroatoms. The van der Waals surface area contributed by atoms with Crippen molar-refractivity contribution in [2.75, 3.05) is 20.7 Å². The lowest BCUT2D eigenvalue weighted by Gasteiger charge is -2.30. The van der Waals surface area contributed by atoms with Gasteiger partial charge in [0.1, 0.15) is 40.4 Å². The van der Waals surface area contributed by atoms with Crippen LogP contribution in [0.1, 0.15) is 46.6 Å². The van der Waals surface area contributed by atoms with Gasteiger partial charge in [0.15, 0.2) is 6.04 Å². The van der Waals surface area contributed by atoms with Crippen LogP contribution in [0.25, 0.3) is 10.8 Å². The number of benzene rings is 2. The highest BCUT2D eigenvalue weighted by Gasteiger charge is 2.47. The van der Waals surface area contributed by atoms with Crippen molar-refractivity contribution in [3.05, 3.63) is 48.0 Å². The largest absolute Gasteiger partial charge is 0.467 e. The fraction of sp³-hybridized carbons (Fsp3) is 0.516. The lowest BCUT2D eigenvalue weighted by Crippen LogP contribution is -2.58. The SMILES string of the molecule is COC(=O)[C@H](Cc1ccc2ccccc2c1)NC(=O)[C@@H]1[C@H](N=[N+]=N)CCN1C(=O)[C@@H](C)NC(=O)[C@H](C)N(C)C(=O)OC(C)(C)C. The molecule has 4 amide bonds. The number of hydrogen-bond acceptors (Lipinski definition) is 9. The molecular formula is C31H42N7O7+. The third-order valence-corrected chi connectivity index (χ3v) is 7.55. The summed E-state index contributed by atoms with van der Waals surface area (Å²) in [5.74, 6) is -2.53. The van der Waals surface area contributed by atoms with Gasteiger partial charge < -0.3 is 25.0 Å². The number of carbonyl (C=O) groups excluding carboxylic acids is 5. The average molecular weight is 625 g/mol. The Kier molecular flexibility index (Phi) is 11.4. The van der Waals surface area contributed by atoms with Crippen LogP contribution in [0.5, 0.6) is 0 Å². The zero-order valence-corrected chi connectivity index (χ0v) is 26.7. The molecule has 3 rings (SSSR count). The number of esters is 1. The molecule has 1 aliphatic heterocycles. The van der Waals surface area contributed by atoms with Gasteiger partial charge in [0.25, 0.3) is 0 Å². The molecular weight excluding hydrogens is 582 g/mol. The Morgan fingerprint density at radius 2 is 1.76 bits per heavy atom. The molecule has 1 aliphatic rings. The van der Waals surface area contributed by atoms with Gasteiger partial charge in [-0.1, -0.05) is 42.5 Å². The van der Waals surface area contributed by atoms with E-state index in [9.17, 15) is 24.0 Å². The maximum absolute atomic E-state index is 13.7. The van der Waals surface area contributed by atoms with Crippen LogP contribution in [0.3, 0.4) is 0 Å². The van der Waals surface area contributed by atoms with Crippen LogP contribution >= 0.6 is 0 Å². The summed E-state index contributed by atoms with van der Waals surface area (Å²) in [6, 6.07) is 8.29. The molecule has 1 fully saturated rings. The number of carbonyl (C=O) groups is 5. The van der Waals surface area contributed by atoms with Crippen molar-refractivity contribution in [3.8, 4) is 0 Å². The third-order valence-electron chi connectivity index (χ3n) is 7.55. The van der Waals surface area contributed by atoms with Gasteiger partial charge in [0.05, 0.1) is 7.11 Å². The summed E-state index contributed by atoms with van der Waals surface area (Å²) in [4.78, 5) is 70.9. The fourth-order valence-electron chi connectivity index (χ4n) is 5.04. The minimum atomic E-state index is -1.20. The number of fused-ring (bicyclic) bond motifs is 1. The van der Waals surface area contributed by atoms with Crippen LogP contribution in [0.15, 0.2) is 47.6 Å². The lowest BCUT2D eigenvalue weighted by atomic mass is 10.0. The number of amides is 4. The molecule has 0 unspecified atom stereocenters. The number of nitrogens with zero attached hydrogens (tertiary/aromatic N) is 4. The Labute approximate surface area is 262 Å². The van der Waals surface area contributed by atoms with E-state index in [4.69, 9.17) is 15.0 Å². The highest BCUT2D eigenvalue weighted by molar-refractivity contribution is 5.95. The van der Waals surface area contributed by atoms with E-state index in [0.717, 1.165) is 21.2 Å². The first-order valence-electron chi connectivity index (χ1n) is 14.7. The summed E-state index contributed by atoms with van der Waals surface area (Å²) in [6.45, 7) is 8.18. The van der Waals surface area contributed by atoms with E-state index in [1.165, 1.54) is 32.9 Å². The van der Waals surface area contributed by atoms with Crippen molar-refractivity contribution in [3.63, 3.8) is 0 Å². The van der Waals surface area contributed by atoms with Crippen LogP contribution in [0, 0.1) is 5.53 Å². The minimum Gasteiger partial charge on any atom is -0.467 e. The molecule has 3 N–H and O–H groups in total. The van der Waals surface area contributed by atoms with Gasteiger partial charge in [-0.15, -0.1) is 0 Å². The Hall–Kier alpha value is -4.84. The number of ether oxygens (including phenoxy) is 2. The average Bonchev–Trinajstić information content (AvgIpc) is 3.41. The maximum Gasteiger partial charge on any atom is 0.410 e. The molecule has 0 aliphatic carbocycles. The van der Waals surface area contributed by atoms with Crippen molar-refractivity contribution in [2.45, 2.75) is 83.3 Å². The van der Waals surface area contributed by atoms with Gasteiger partial charge in [-0.25, -0.2) is 9.59 Å². The summed E-state index contributed by atoms with van der Waals surface area (Å²) in [5, 5.41) is 11.1. The molecule has 0 radical (unpaired) electrons. The second-order valence-electron chi connectivity index (χ2n) is 12.0. The van der Waals surface area contributed by atoms with E-state index < -0.39 is 65.6 Å². The molecule has 2 aromatic rings. The first-order valence-corrected chi connectivity index (χ1v) is 14.7. The molecule has 45 heavy (non-hydrogen) atoms. The third kappa shape index (κ3) is 8.85. The topological polar surface area (TPSA) is 185 Å². The predicted octanol–water partition coefficient (Wildman–Crippen LogP) is 2.32. The summed E-state index contributed by atoms with van der Waals surface area (Å²) in [7, 11) is 2.63. The van der Waals surface area contributed by atoms with Crippen molar-refractivity contribution < 1.29 is 33.4 Å². The van der Waals surface area contributed by atoms with E-state index in [-0.39, 0.29) is 19.4 Å². The monoisotopic (exact) mass is 624 g/mol. The van der Waals surface area contributed by atoms with Crippen LogP contribution in [0.2, 0.25) is 0 Å². The highest BCUT2D eigenvalue weighted by Crippen LogP contribution is 2.23. The van der Waals surface area contributed by atoms with Crippen LogP contribution < -0.4 is 15.5 Å². The number of likely N-dealkylation sites (N-methyl/N-ethyl adjacent to an activating group) is 1. The van der Waals surface area contributed by atoms with Crippen LogP contribution in [0.4, 0.5) is 4.79 Å². The first-order chi connectivity index (χ1) is 21.2. The van der Waals surface area contributed by atoms with Crippen LogP contribution in [-0.2, 0) is 35.1 Å². The first kappa shape index (κ1) is 34.6. The number of methoxy groups -OCH3 is 1. The minimum absolute atomic E-state index is 0.0990. The second kappa shape index (κ2) is 14.8. The van der Waals surface area contributed by atoms with Gasteiger partial charge in [-0.3, -0.25) is 19.3 Å². The maximum atomic E-state index is 13.7. The molecule has 242 valence electrons. The zero-order valence-electron chi connectivity index (χ0n) is 26.7. The van der Waals surface area contributed by atoms with E-state index in [1.54, 1.807) is 20.8 Å². The van der Waals surface area contributed by atoms with Crippen molar-refractivity contribution >= 4 is 40.6 Å². The van der Waals surface area contributed by atoms with E-state index in [0.29, 0.717) is 0 Å². The fourth-order valence-corrected chi connectivity index (χ4v) is 5.04. The van der Waals surface area contributed by atoms with Gasteiger partial charge in [0, 0.05) is 20.0 Å².